The number of aliphatic imine (C=N–C) groups is 1. The number of rotatable bonds is 5. The van der Waals surface area contributed by atoms with Crippen LogP contribution in [0, 0.1) is 19.7 Å². The van der Waals surface area contributed by atoms with E-state index in [4.69, 9.17) is 5.73 Å². The number of amides is 1. The molecule has 162 valence electrons. The average molecular weight is 457 g/mol. The van der Waals surface area contributed by atoms with E-state index < -0.39 is 5.54 Å². The van der Waals surface area contributed by atoms with Crippen LogP contribution in [0.4, 0.5) is 10.1 Å². The Bertz CT molecular complexity index is 1150. The van der Waals surface area contributed by atoms with E-state index in [0.717, 1.165) is 23.7 Å². The number of anilines is 1. The van der Waals surface area contributed by atoms with Crippen LogP contribution in [0.25, 0.3) is 0 Å². The molecule has 0 aliphatic carbocycles. The second-order valence-corrected chi connectivity index (χ2v) is 10.1. The van der Waals surface area contributed by atoms with Gasteiger partial charge in [-0.25, -0.2) is 4.39 Å². The van der Waals surface area contributed by atoms with Crippen LogP contribution in [0.2, 0.25) is 0 Å². The zero-order chi connectivity index (χ0) is 22.2. The number of nitrogens with two attached hydrogens (primary N) is 1. The summed E-state index contributed by atoms with van der Waals surface area (Å²) in [5.41, 5.74) is 8.67. The predicted molar refractivity (Wildman–Crippen MR) is 128 cm³/mol. The van der Waals surface area contributed by atoms with Gasteiger partial charge < -0.3 is 15.6 Å². The third-order valence-corrected chi connectivity index (χ3v) is 7.37. The number of carbonyl (C=O) groups excluding carboxylic acids is 1. The van der Waals surface area contributed by atoms with Gasteiger partial charge in [0, 0.05) is 33.3 Å². The molecule has 3 aromatic rings. The highest BCUT2D eigenvalue weighted by Crippen LogP contribution is 2.37. The molecule has 1 aliphatic rings. The van der Waals surface area contributed by atoms with Gasteiger partial charge in [0.25, 0.3) is 5.91 Å². The molecule has 1 unspecified atom stereocenters. The Morgan fingerprint density at radius 2 is 2.13 bits per heavy atom. The van der Waals surface area contributed by atoms with Crippen molar-refractivity contribution in [1.29, 1.82) is 0 Å². The van der Waals surface area contributed by atoms with Crippen molar-refractivity contribution in [2.24, 2.45) is 10.7 Å². The molecule has 0 saturated carbocycles. The first-order valence-electron chi connectivity index (χ1n) is 10.1. The Balaban J connectivity index is 1.59. The summed E-state index contributed by atoms with van der Waals surface area (Å²) in [4.78, 5) is 18.8. The van der Waals surface area contributed by atoms with Gasteiger partial charge in [0.2, 0.25) is 0 Å². The largest absolute Gasteiger partial charge is 0.379 e. The first kappa shape index (κ1) is 21.6. The summed E-state index contributed by atoms with van der Waals surface area (Å²) < 4.78 is 16.8. The van der Waals surface area contributed by atoms with Crippen molar-refractivity contribution in [2.75, 3.05) is 11.1 Å². The van der Waals surface area contributed by atoms with E-state index in [2.05, 4.69) is 20.9 Å². The lowest BCUT2D eigenvalue weighted by Crippen LogP contribution is -2.29. The lowest BCUT2D eigenvalue weighted by atomic mass is 9.89. The summed E-state index contributed by atoms with van der Waals surface area (Å²) in [6.45, 7) is 6.56. The average Bonchev–Trinajstić information content (AvgIpc) is 3.33. The quantitative estimate of drug-likeness (QED) is 0.549. The number of nitrogens with one attached hydrogen (secondary N) is 1. The minimum Gasteiger partial charge on any atom is -0.379 e. The molecule has 3 N–H and O–H groups in total. The first-order chi connectivity index (χ1) is 14.8. The molecular weight excluding hydrogens is 431 g/mol. The molecule has 3 heterocycles. The third-order valence-electron chi connectivity index (χ3n) is 5.71. The van der Waals surface area contributed by atoms with Crippen LogP contribution < -0.4 is 11.1 Å². The summed E-state index contributed by atoms with van der Waals surface area (Å²) >= 11 is 3.17. The fourth-order valence-corrected chi connectivity index (χ4v) is 5.59. The minimum atomic E-state index is -0.739. The highest BCUT2D eigenvalue weighted by Gasteiger charge is 2.32. The van der Waals surface area contributed by atoms with Crippen LogP contribution in [0.5, 0.6) is 0 Å². The number of benzene rings is 1. The van der Waals surface area contributed by atoms with Gasteiger partial charge in [0.05, 0.1) is 17.6 Å². The SMILES string of the molecule is Cc1cc(C(=O)Nc2ccc(F)c(C3(C)CCSC(N)=N3)c2)c(C)n1Cc1cccs1. The molecule has 1 aliphatic heterocycles. The summed E-state index contributed by atoms with van der Waals surface area (Å²) in [6.07, 6.45) is 0.677. The maximum absolute atomic E-state index is 14.7. The standard InChI is InChI=1S/C23H25FN4OS2/c1-14-11-18(15(2)28(14)13-17-5-4-9-30-17)21(29)26-16-6-7-20(24)19(12-16)23(3)8-10-31-22(25)27-23/h4-7,9,11-12H,8,10,13H2,1-3H3,(H2,25,27)(H,26,29). The topological polar surface area (TPSA) is 72.4 Å². The van der Waals surface area contributed by atoms with Crippen molar-refractivity contribution in [1.82, 2.24) is 4.57 Å². The molecule has 1 aromatic carbocycles. The van der Waals surface area contributed by atoms with E-state index in [9.17, 15) is 9.18 Å². The van der Waals surface area contributed by atoms with Crippen LogP contribution in [0.1, 0.15) is 45.5 Å². The van der Waals surface area contributed by atoms with Crippen molar-refractivity contribution >= 4 is 39.9 Å². The van der Waals surface area contributed by atoms with Gasteiger partial charge in [0.15, 0.2) is 5.17 Å². The molecule has 31 heavy (non-hydrogen) atoms. The highest BCUT2D eigenvalue weighted by atomic mass is 32.2. The monoisotopic (exact) mass is 456 g/mol. The normalized spacial score (nSPS) is 18.6. The number of nitrogens with zero attached hydrogens (tertiary/aromatic N) is 2. The highest BCUT2D eigenvalue weighted by molar-refractivity contribution is 8.13. The number of amidine groups is 1. The number of hydrogen-bond donors (Lipinski definition) is 2. The van der Waals surface area contributed by atoms with Gasteiger partial charge in [-0.1, -0.05) is 17.8 Å². The van der Waals surface area contributed by atoms with E-state index in [0.29, 0.717) is 28.4 Å². The van der Waals surface area contributed by atoms with E-state index in [1.807, 2.05) is 38.3 Å². The molecule has 5 nitrogen and oxygen atoms in total. The number of thioether (sulfide) groups is 1. The molecule has 0 bridgehead atoms. The number of hydrogen-bond acceptors (Lipinski definition) is 5. The van der Waals surface area contributed by atoms with Gasteiger partial charge in [-0.2, -0.15) is 0 Å². The van der Waals surface area contributed by atoms with Crippen molar-refractivity contribution in [3.63, 3.8) is 0 Å². The first-order valence-corrected chi connectivity index (χ1v) is 11.9. The number of carbonyl (C=O) groups is 1. The van der Waals surface area contributed by atoms with Crippen molar-refractivity contribution < 1.29 is 9.18 Å². The lowest BCUT2D eigenvalue weighted by molar-refractivity contribution is 0.102. The third kappa shape index (κ3) is 4.41. The Labute approximate surface area is 189 Å². The molecule has 0 fully saturated rings. The molecule has 8 heteroatoms. The minimum absolute atomic E-state index is 0.213. The Hall–Kier alpha value is -2.58. The molecule has 4 rings (SSSR count). The Kier molecular flexibility index (Phi) is 5.94. The smallest absolute Gasteiger partial charge is 0.257 e. The zero-order valence-corrected chi connectivity index (χ0v) is 19.4. The predicted octanol–water partition coefficient (Wildman–Crippen LogP) is 5.27. The lowest BCUT2D eigenvalue weighted by Gasteiger charge is -2.30. The van der Waals surface area contributed by atoms with Gasteiger partial charge >= 0.3 is 0 Å². The van der Waals surface area contributed by atoms with Crippen LogP contribution in [0.15, 0.2) is 46.8 Å². The van der Waals surface area contributed by atoms with Crippen LogP contribution in [-0.2, 0) is 12.1 Å². The van der Waals surface area contributed by atoms with E-state index >= 15 is 0 Å². The number of aromatic nitrogens is 1. The van der Waals surface area contributed by atoms with Gasteiger partial charge in [-0.15, -0.1) is 11.3 Å². The molecule has 0 saturated heterocycles. The zero-order valence-electron chi connectivity index (χ0n) is 17.7. The van der Waals surface area contributed by atoms with Gasteiger partial charge in [-0.3, -0.25) is 9.79 Å². The van der Waals surface area contributed by atoms with Crippen molar-refractivity contribution in [3.05, 3.63) is 75.0 Å². The molecule has 2 aromatic heterocycles. The molecular formula is C23H25FN4OS2. The fourth-order valence-electron chi connectivity index (χ4n) is 3.93. The summed E-state index contributed by atoms with van der Waals surface area (Å²) in [5.74, 6) is 0.214. The summed E-state index contributed by atoms with van der Waals surface area (Å²) in [7, 11) is 0. The Morgan fingerprint density at radius 1 is 1.32 bits per heavy atom. The van der Waals surface area contributed by atoms with E-state index in [1.54, 1.807) is 23.5 Å². The van der Waals surface area contributed by atoms with Gasteiger partial charge in [0.1, 0.15) is 5.82 Å². The fraction of sp³-hybridized carbons (Fsp3) is 0.304. The maximum Gasteiger partial charge on any atom is 0.257 e. The molecule has 0 radical (unpaired) electrons. The summed E-state index contributed by atoms with van der Waals surface area (Å²) in [5, 5.41) is 5.44. The second kappa shape index (κ2) is 8.51. The molecule has 0 spiro atoms. The molecule has 1 amide bonds. The second-order valence-electron chi connectivity index (χ2n) is 7.92. The van der Waals surface area contributed by atoms with Crippen molar-refractivity contribution in [2.45, 2.75) is 39.3 Å². The van der Waals surface area contributed by atoms with E-state index in [-0.39, 0.29) is 11.7 Å². The van der Waals surface area contributed by atoms with Crippen LogP contribution in [-0.4, -0.2) is 21.4 Å². The number of aryl methyl sites for hydroxylation is 1. The van der Waals surface area contributed by atoms with Crippen molar-refractivity contribution in [3.8, 4) is 0 Å². The van der Waals surface area contributed by atoms with Gasteiger partial charge in [-0.05, 0) is 62.9 Å². The van der Waals surface area contributed by atoms with E-state index in [1.165, 1.54) is 22.7 Å². The van der Waals surface area contributed by atoms with Crippen LogP contribution >= 0.6 is 23.1 Å². The summed E-state index contributed by atoms with van der Waals surface area (Å²) in [6, 6.07) is 10.6. The maximum atomic E-state index is 14.7. The Morgan fingerprint density at radius 3 is 2.84 bits per heavy atom. The number of halogens is 1. The molecule has 1 atom stereocenters. The number of thiophene rings is 1. The van der Waals surface area contributed by atoms with Crippen LogP contribution in [0.3, 0.4) is 0 Å².